The lowest BCUT2D eigenvalue weighted by Crippen LogP contribution is -2.26. The maximum Gasteiger partial charge on any atom is 0.255 e. The number of amides is 1. The molecule has 94 valence electrons. The van der Waals surface area contributed by atoms with E-state index in [1.807, 2.05) is 7.05 Å². The van der Waals surface area contributed by atoms with E-state index in [0.29, 0.717) is 13.0 Å². The van der Waals surface area contributed by atoms with Crippen LogP contribution in [0.15, 0.2) is 30.6 Å². The Hall–Kier alpha value is -2.37. The van der Waals surface area contributed by atoms with Crippen LogP contribution in [0.4, 0.5) is 0 Å². The van der Waals surface area contributed by atoms with Gasteiger partial charge in [0.25, 0.3) is 5.91 Å². The highest BCUT2D eigenvalue weighted by atomic mass is 16.3. The summed E-state index contributed by atoms with van der Waals surface area (Å²) in [4.78, 5) is 11.8. The number of hydrogen-bond acceptors (Lipinski definition) is 4. The topological polar surface area (TPSA) is 80.0 Å². The zero-order chi connectivity index (χ0) is 13.0. The summed E-state index contributed by atoms with van der Waals surface area (Å²) in [5.41, 5.74) is 0.274. The molecular formula is C12H14N4O2. The van der Waals surface area contributed by atoms with Crippen LogP contribution in [-0.2, 0) is 13.5 Å². The van der Waals surface area contributed by atoms with E-state index in [0.717, 1.165) is 5.82 Å². The molecule has 0 unspecified atom stereocenters. The van der Waals surface area contributed by atoms with E-state index in [2.05, 4.69) is 15.5 Å². The number of phenols is 1. The van der Waals surface area contributed by atoms with Crippen LogP contribution in [0.1, 0.15) is 16.2 Å². The van der Waals surface area contributed by atoms with Gasteiger partial charge in [0.1, 0.15) is 17.9 Å². The predicted octanol–water partition coefficient (Wildman–Crippen LogP) is 0.493. The van der Waals surface area contributed by atoms with Crippen LogP contribution in [0.25, 0.3) is 0 Å². The zero-order valence-corrected chi connectivity index (χ0v) is 10.00. The lowest BCUT2D eigenvalue weighted by atomic mass is 10.2. The minimum Gasteiger partial charge on any atom is -0.507 e. The third-order valence-corrected chi connectivity index (χ3v) is 2.59. The van der Waals surface area contributed by atoms with Crippen molar-refractivity contribution >= 4 is 5.91 Å². The minimum atomic E-state index is -0.296. The summed E-state index contributed by atoms with van der Waals surface area (Å²) >= 11 is 0. The second kappa shape index (κ2) is 5.31. The predicted molar refractivity (Wildman–Crippen MR) is 65.1 cm³/mol. The number of benzene rings is 1. The highest BCUT2D eigenvalue weighted by molar-refractivity contribution is 5.96. The lowest BCUT2D eigenvalue weighted by molar-refractivity contribution is 0.0951. The molecule has 0 fully saturated rings. The number of aryl methyl sites for hydroxylation is 1. The van der Waals surface area contributed by atoms with E-state index < -0.39 is 0 Å². The summed E-state index contributed by atoms with van der Waals surface area (Å²) in [7, 11) is 1.85. The molecule has 0 saturated heterocycles. The smallest absolute Gasteiger partial charge is 0.255 e. The standard InChI is InChI=1S/C12H14N4O2/c1-16-8-14-15-11(16)6-7-13-12(18)9-4-2-3-5-10(9)17/h2-5,8,17H,6-7H2,1H3,(H,13,18). The van der Waals surface area contributed by atoms with Crippen molar-refractivity contribution in [3.8, 4) is 5.75 Å². The number of rotatable bonds is 4. The maximum atomic E-state index is 11.8. The van der Waals surface area contributed by atoms with Gasteiger partial charge in [0.15, 0.2) is 0 Å². The van der Waals surface area contributed by atoms with Gasteiger partial charge in [-0.2, -0.15) is 0 Å². The van der Waals surface area contributed by atoms with Crippen molar-refractivity contribution in [1.29, 1.82) is 0 Å². The molecule has 0 atom stereocenters. The van der Waals surface area contributed by atoms with Gasteiger partial charge < -0.3 is 15.0 Å². The first kappa shape index (κ1) is 12.1. The Bertz CT molecular complexity index is 551. The maximum absolute atomic E-state index is 11.8. The van der Waals surface area contributed by atoms with Crippen LogP contribution >= 0.6 is 0 Å². The number of nitrogens with zero attached hydrogens (tertiary/aromatic N) is 3. The number of phenolic OH excluding ortho intramolecular Hbond substituents is 1. The summed E-state index contributed by atoms with van der Waals surface area (Å²) in [5, 5.41) is 19.9. The summed E-state index contributed by atoms with van der Waals surface area (Å²) < 4.78 is 1.80. The van der Waals surface area contributed by atoms with E-state index in [1.165, 1.54) is 6.07 Å². The van der Waals surface area contributed by atoms with Crippen molar-refractivity contribution in [3.63, 3.8) is 0 Å². The molecule has 18 heavy (non-hydrogen) atoms. The third-order valence-electron chi connectivity index (χ3n) is 2.59. The molecule has 0 radical (unpaired) electrons. The quantitative estimate of drug-likeness (QED) is 0.823. The number of hydrogen-bond donors (Lipinski definition) is 2. The number of para-hydroxylation sites is 1. The fourth-order valence-corrected chi connectivity index (χ4v) is 1.58. The monoisotopic (exact) mass is 246 g/mol. The van der Waals surface area contributed by atoms with Crippen LogP contribution in [-0.4, -0.2) is 32.3 Å². The van der Waals surface area contributed by atoms with E-state index in [1.54, 1.807) is 29.1 Å². The molecule has 6 heteroatoms. The number of nitrogens with one attached hydrogen (secondary N) is 1. The Morgan fingerprint density at radius 1 is 1.44 bits per heavy atom. The third kappa shape index (κ3) is 2.65. The number of aromatic hydroxyl groups is 1. The summed E-state index contributed by atoms with van der Waals surface area (Å²) in [6.07, 6.45) is 2.20. The fourth-order valence-electron chi connectivity index (χ4n) is 1.58. The first-order chi connectivity index (χ1) is 8.68. The number of carbonyl (C=O) groups is 1. The normalized spacial score (nSPS) is 10.3. The molecule has 0 spiro atoms. The van der Waals surface area contributed by atoms with E-state index >= 15 is 0 Å². The highest BCUT2D eigenvalue weighted by Crippen LogP contribution is 2.14. The second-order valence-electron chi connectivity index (χ2n) is 3.88. The molecule has 0 saturated carbocycles. The van der Waals surface area contributed by atoms with Crippen LogP contribution in [0.3, 0.4) is 0 Å². The molecule has 2 rings (SSSR count). The van der Waals surface area contributed by atoms with Gasteiger partial charge in [0.2, 0.25) is 0 Å². The van der Waals surface area contributed by atoms with E-state index in [-0.39, 0.29) is 17.2 Å². The summed E-state index contributed by atoms with van der Waals surface area (Å²) in [5.74, 6) is 0.483. The van der Waals surface area contributed by atoms with Gasteiger partial charge in [-0.1, -0.05) is 12.1 Å². The van der Waals surface area contributed by atoms with Crippen molar-refractivity contribution < 1.29 is 9.90 Å². The molecule has 0 aliphatic heterocycles. The highest BCUT2D eigenvalue weighted by Gasteiger charge is 2.09. The van der Waals surface area contributed by atoms with Gasteiger partial charge in [0.05, 0.1) is 5.56 Å². The van der Waals surface area contributed by atoms with Crippen molar-refractivity contribution in [2.45, 2.75) is 6.42 Å². The molecule has 0 aliphatic carbocycles. The van der Waals surface area contributed by atoms with Gasteiger partial charge in [-0.05, 0) is 12.1 Å². The Morgan fingerprint density at radius 2 is 2.22 bits per heavy atom. The largest absolute Gasteiger partial charge is 0.507 e. The van der Waals surface area contributed by atoms with Crippen LogP contribution in [0.2, 0.25) is 0 Å². The molecule has 0 bridgehead atoms. The summed E-state index contributed by atoms with van der Waals surface area (Å²) in [6.45, 7) is 0.444. The molecular weight excluding hydrogens is 232 g/mol. The number of aromatic nitrogens is 3. The minimum absolute atomic E-state index is 0.0198. The van der Waals surface area contributed by atoms with Gasteiger partial charge in [-0.25, -0.2) is 0 Å². The zero-order valence-electron chi connectivity index (χ0n) is 10.00. The van der Waals surface area contributed by atoms with E-state index in [4.69, 9.17) is 0 Å². The van der Waals surface area contributed by atoms with Crippen LogP contribution in [0.5, 0.6) is 5.75 Å². The molecule has 1 heterocycles. The Labute approximate surface area is 104 Å². The molecule has 1 amide bonds. The Morgan fingerprint density at radius 3 is 2.89 bits per heavy atom. The number of carbonyl (C=O) groups excluding carboxylic acids is 1. The van der Waals surface area contributed by atoms with Gasteiger partial charge in [-0.3, -0.25) is 4.79 Å². The first-order valence-electron chi connectivity index (χ1n) is 5.57. The van der Waals surface area contributed by atoms with Crippen molar-refractivity contribution in [2.75, 3.05) is 6.54 Å². The molecule has 2 aromatic rings. The molecule has 6 nitrogen and oxygen atoms in total. The van der Waals surface area contributed by atoms with Crippen LogP contribution in [0, 0.1) is 0 Å². The molecule has 1 aromatic heterocycles. The van der Waals surface area contributed by atoms with Crippen molar-refractivity contribution in [2.24, 2.45) is 7.05 Å². The Balaban J connectivity index is 1.90. The van der Waals surface area contributed by atoms with Gasteiger partial charge in [0, 0.05) is 20.0 Å². The SMILES string of the molecule is Cn1cnnc1CCNC(=O)c1ccccc1O. The van der Waals surface area contributed by atoms with E-state index in [9.17, 15) is 9.90 Å². The van der Waals surface area contributed by atoms with Gasteiger partial charge in [-0.15, -0.1) is 10.2 Å². The first-order valence-corrected chi connectivity index (χ1v) is 5.57. The lowest BCUT2D eigenvalue weighted by Gasteiger charge is -2.06. The van der Waals surface area contributed by atoms with Crippen LogP contribution < -0.4 is 5.32 Å². The second-order valence-corrected chi connectivity index (χ2v) is 3.88. The van der Waals surface area contributed by atoms with Crippen molar-refractivity contribution in [1.82, 2.24) is 20.1 Å². The molecule has 2 N–H and O–H groups in total. The molecule has 1 aromatic carbocycles. The van der Waals surface area contributed by atoms with Crippen molar-refractivity contribution in [3.05, 3.63) is 42.0 Å². The van der Waals surface area contributed by atoms with Gasteiger partial charge >= 0.3 is 0 Å². The molecule has 0 aliphatic rings. The summed E-state index contributed by atoms with van der Waals surface area (Å²) in [6, 6.07) is 6.44. The fraction of sp³-hybridized carbons (Fsp3) is 0.250. The Kier molecular flexibility index (Phi) is 3.57. The average molecular weight is 246 g/mol. The average Bonchev–Trinajstić information content (AvgIpc) is 2.75.